The van der Waals surface area contributed by atoms with Gasteiger partial charge in [-0.3, -0.25) is 4.79 Å². The fourth-order valence-electron chi connectivity index (χ4n) is 2.63. The van der Waals surface area contributed by atoms with Crippen molar-refractivity contribution < 1.29 is 9.18 Å². The molecule has 152 valence electrons. The smallest absolute Gasteiger partial charge is 0.243 e. The zero-order chi connectivity index (χ0) is 19.1. The molecule has 1 aliphatic heterocycles. The van der Waals surface area contributed by atoms with Crippen molar-refractivity contribution in [3.8, 4) is 0 Å². The third kappa shape index (κ3) is 7.11. The molecule has 0 aliphatic carbocycles. The molecule has 2 rings (SSSR count). The van der Waals surface area contributed by atoms with E-state index in [2.05, 4.69) is 34.5 Å². The second kappa shape index (κ2) is 11.3. The molecule has 0 saturated carbocycles. The van der Waals surface area contributed by atoms with Crippen molar-refractivity contribution in [2.45, 2.75) is 38.8 Å². The summed E-state index contributed by atoms with van der Waals surface area (Å²) in [5.41, 5.74) is 0. The zero-order valence-electron chi connectivity index (χ0n) is 16.4. The van der Waals surface area contributed by atoms with Crippen LogP contribution in [-0.4, -0.2) is 67.6 Å². The molecule has 1 aliphatic rings. The fraction of sp³-hybridized carbons (Fsp3) is 0.611. The van der Waals surface area contributed by atoms with Crippen molar-refractivity contribution in [2.75, 3.05) is 38.6 Å². The second-order valence-electron chi connectivity index (χ2n) is 6.79. The van der Waals surface area contributed by atoms with Crippen LogP contribution < -0.4 is 15.5 Å². The van der Waals surface area contributed by atoms with E-state index in [1.807, 2.05) is 4.90 Å². The van der Waals surface area contributed by atoms with E-state index in [4.69, 9.17) is 0 Å². The number of amides is 1. The van der Waals surface area contributed by atoms with E-state index in [1.54, 1.807) is 26.4 Å². The molecule has 9 heteroatoms. The highest BCUT2D eigenvalue weighted by Gasteiger charge is 2.26. The molecule has 0 aromatic carbocycles. The summed E-state index contributed by atoms with van der Waals surface area (Å²) in [6.45, 7) is 5.59. The average Bonchev–Trinajstić information content (AvgIpc) is 3.07. The molecule has 0 radical (unpaired) electrons. The van der Waals surface area contributed by atoms with Crippen LogP contribution in [0.15, 0.2) is 23.3 Å². The van der Waals surface area contributed by atoms with Gasteiger partial charge in [0.2, 0.25) is 5.91 Å². The number of carbonyl (C=O) groups excluding carboxylic acids is 1. The summed E-state index contributed by atoms with van der Waals surface area (Å²) in [5, 5.41) is 6.68. The number of anilines is 1. The van der Waals surface area contributed by atoms with Gasteiger partial charge in [-0.1, -0.05) is 6.92 Å². The topological polar surface area (TPSA) is 72.9 Å². The Hall–Kier alpha value is -1.65. The third-order valence-electron chi connectivity index (χ3n) is 4.43. The Morgan fingerprint density at radius 2 is 2.26 bits per heavy atom. The van der Waals surface area contributed by atoms with E-state index in [1.165, 1.54) is 11.0 Å². The highest BCUT2D eigenvalue weighted by atomic mass is 127. The summed E-state index contributed by atoms with van der Waals surface area (Å²) in [7, 11) is 3.42. The lowest BCUT2D eigenvalue weighted by Gasteiger charge is -2.22. The first kappa shape index (κ1) is 23.4. The van der Waals surface area contributed by atoms with Gasteiger partial charge >= 0.3 is 0 Å². The number of guanidine groups is 1. The normalized spacial score (nSPS) is 17.9. The molecule has 7 nitrogen and oxygen atoms in total. The first-order chi connectivity index (χ1) is 12.4. The fourth-order valence-corrected chi connectivity index (χ4v) is 2.63. The van der Waals surface area contributed by atoms with Gasteiger partial charge in [-0.25, -0.2) is 14.4 Å². The van der Waals surface area contributed by atoms with Crippen LogP contribution in [-0.2, 0) is 4.79 Å². The second-order valence-corrected chi connectivity index (χ2v) is 6.79. The van der Waals surface area contributed by atoms with Crippen molar-refractivity contribution >= 4 is 41.7 Å². The Bertz CT molecular complexity index is 642. The lowest BCUT2D eigenvalue weighted by Crippen LogP contribution is -2.48. The minimum atomic E-state index is -0.309. The minimum absolute atomic E-state index is 0. The number of pyridine rings is 1. The summed E-state index contributed by atoms with van der Waals surface area (Å²) in [6, 6.07) is 3.36. The van der Waals surface area contributed by atoms with E-state index in [0.29, 0.717) is 18.3 Å². The Morgan fingerprint density at radius 3 is 2.89 bits per heavy atom. The van der Waals surface area contributed by atoms with Crippen LogP contribution in [0, 0.1) is 5.82 Å². The Kier molecular flexibility index (Phi) is 9.75. The lowest BCUT2D eigenvalue weighted by molar-refractivity contribution is -0.127. The van der Waals surface area contributed by atoms with Crippen LogP contribution in [0.4, 0.5) is 10.2 Å². The highest BCUT2D eigenvalue weighted by Crippen LogP contribution is 2.20. The molecule has 27 heavy (non-hydrogen) atoms. The first-order valence-electron chi connectivity index (χ1n) is 9.03. The summed E-state index contributed by atoms with van der Waals surface area (Å²) in [4.78, 5) is 23.8. The summed E-state index contributed by atoms with van der Waals surface area (Å²) < 4.78 is 13.9. The maximum Gasteiger partial charge on any atom is 0.243 e. The lowest BCUT2D eigenvalue weighted by atomic mass is 10.2. The van der Waals surface area contributed by atoms with Crippen LogP contribution in [0.1, 0.15) is 26.7 Å². The Labute approximate surface area is 177 Å². The maximum absolute atomic E-state index is 13.9. The van der Waals surface area contributed by atoms with Crippen molar-refractivity contribution in [3.63, 3.8) is 0 Å². The number of aliphatic imine (C=N–C) groups is 1. The number of nitrogens with one attached hydrogen (secondary N) is 2. The van der Waals surface area contributed by atoms with Gasteiger partial charge in [0.05, 0.1) is 0 Å². The zero-order valence-corrected chi connectivity index (χ0v) is 18.7. The van der Waals surface area contributed by atoms with Crippen LogP contribution in [0.2, 0.25) is 0 Å². The summed E-state index contributed by atoms with van der Waals surface area (Å²) >= 11 is 0. The monoisotopic (exact) mass is 492 g/mol. The first-order valence-corrected chi connectivity index (χ1v) is 9.03. The molecular weight excluding hydrogens is 462 g/mol. The van der Waals surface area contributed by atoms with Crippen LogP contribution >= 0.6 is 24.0 Å². The molecule has 1 aromatic rings. The number of likely N-dealkylation sites (N-methyl/N-ethyl adjacent to an activating group) is 1. The van der Waals surface area contributed by atoms with Crippen molar-refractivity contribution in [3.05, 3.63) is 24.1 Å². The molecule has 0 bridgehead atoms. The van der Waals surface area contributed by atoms with Crippen molar-refractivity contribution in [1.29, 1.82) is 0 Å². The molecule has 2 N–H and O–H groups in total. The summed E-state index contributed by atoms with van der Waals surface area (Å²) in [5.74, 6) is 0.631. The highest BCUT2D eigenvalue weighted by molar-refractivity contribution is 14.0. The Morgan fingerprint density at radius 1 is 1.52 bits per heavy atom. The quantitative estimate of drug-likeness (QED) is 0.361. The molecule has 1 fully saturated rings. The van der Waals surface area contributed by atoms with Crippen molar-refractivity contribution in [1.82, 2.24) is 20.5 Å². The molecule has 2 atom stereocenters. The van der Waals surface area contributed by atoms with E-state index in [-0.39, 0.29) is 54.3 Å². The van der Waals surface area contributed by atoms with Gasteiger partial charge in [0.15, 0.2) is 17.6 Å². The van der Waals surface area contributed by atoms with Gasteiger partial charge < -0.3 is 20.4 Å². The number of rotatable bonds is 6. The van der Waals surface area contributed by atoms with Gasteiger partial charge in [0.25, 0.3) is 0 Å². The molecule has 1 saturated heterocycles. The number of carbonyl (C=O) groups is 1. The van der Waals surface area contributed by atoms with Crippen LogP contribution in [0.25, 0.3) is 0 Å². The number of halogens is 2. The Balaban J connectivity index is 0.00000364. The average molecular weight is 492 g/mol. The van der Waals surface area contributed by atoms with Gasteiger partial charge in [0, 0.05) is 45.5 Å². The van der Waals surface area contributed by atoms with E-state index < -0.39 is 0 Å². The molecule has 1 aromatic heterocycles. The van der Waals surface area contributed by atoms with Gasteiger partial charge in [-0.2, -0.15) is 0 Å². The molecule has 2 heterocycles. The van der Waals surface area contributed by atoms with Gasteiger partial charge in [0.1, 0.15) is 6.54 Å². The van der Waals surface area contributed by atoms with Crippen molar-refractivity contribution in [2.24, 2.45) is 4.99 Å². The van der Waals surface area contributed by atoms with Gasteiger partial charge in [-0.15, -0.1) is 24.0 Å². The summed E-state index contributed by atoms with van der Waals surface area (Å²) in [6.07, 6.45) is 3.39. The third-order valence-corrected chi connectivity index (χ3v) is 4.43. The van der Waals surface area contributed by atoms with Crippen LogP contribution in [0.3, 0.4) is 0 Å². The largest absolute Gasteiger partial charge is 0.354 e. The minimum Gasteiger partial charge on any atom is -0.354 e. The molecule has 0 spiro atoms. The SMILES string of the molecule is CCC(C)NC(=NCC(=O)N(C)C)NC1CCN(c2ncccc2F)C1.I. The number of aromatic nitrogens is 1. The predicted octanol–water partition coefficient (Wildman–Crippen LogP) is 1.84. The van der Waals surface area contributed by atoms with Crippen LogP contribution in [0.5, 0.6) is 0 Å². The molecular formula is C18H30FIN6O. The standard InChI is InChI=1S/C18H29FN6O.HI/c1-5-13(2)22-18(21-11-16(26)24(3)4)23-14-8-10-25(12-14)17-15(19)7-6-9-20-17;/h6-7,9,13-14H,5,8,10-12H2,1-4H3,(H2,21,22,23);1H. The van der Waals surface area contributed by atoms with Gasteiger partial charge in [-0.05, 0) is 31.9 Å². The van der Waals surface area contributed by atoms with E-state index >= 15 is 0 Å². The number of nitrogens with zero attached hydrogens (tertiary/aromatic N) is 4. The van der Waals surface area contributed by atoms with E-state index in [0.717, 1.165) is 19.4 Å². The molecule has 1 amide bonds. The van der Waals surface area contributed by atoms with E-state index in [9.17, 15) is 9.18 Å². The predicted molar refractivity (Wildman–Crippen MR) is 117 cm³/mol. The number of hydrogen-bond acceptors (Lipinski definition) is 4. The maximum atomic E-state index is 13.9. The molecule has 2 unspecified atom stereocenters. The number of hydrogen-bond donors (Lipinski definition) is 2.